The molecular weight excluding hydrogens is 481 g/mol. The summed E-state index contributed by atoms with van der Waals surface area (Å²) in [5.41, 5.74) is 9.99. The minimum absolute atomic E-state index is 0.194. The number of benzene rings is 2. The number of halogens is 2. The van der Waals surface area contributed by atoms with Crippen molar-refractivity contribution in [1.82, 2.24) is 4.57 Å². The molecule has 0 bridgehead atoms. The van der Waals surface area contributed by atoms with Crippen LogP contribution in [-0.4, -0.2) is 16.0 Å². The number of aryl methyl sites for hydroxylation is 2. The van der Waals surface area contributed by atoms with Crippen molar-refractivity contribution in [3.8, 4) is 0 Å². The molecule has 0 aliphatic rings. The molecule has 0 radical (unpaired) electrons. The first-order valence-corrected chi connectivity index (χ1v) is 13.5. The molecule has 0 spiro atoms. The van der Waals surface area contributed by atoms with Crippen molar-refractivity contribution in [2.45, 2.75) is 47.5 Å². The van der Waals surface area contributed by atoms with Crippen molar-refractivity contribution >= 4 is 43.0 Å². The normalized spacial score (nSPS) is 12.2. The van der Waals surface area contributed by atoms with Gasteiger partial charge >= 0.3 is 33.3 Å². The Kier molecular flexibility index (Phi) is 10.2. The monoisotopic (exact) mass is 511 g/mol. The summed E-state index contributed by atoms with van der Waals surface area (Å²) >= 11 is 0.194. The van der Waals surface area contributed by atoms with Crippen LogP contribution in [0.3, 0.4) is 0 Å². The summed E-state index contributed by atoms with van der Waals surface area (Å²) in [5.74, 6) is 0.443. The molecule has 0 fully saturated rings. The maximum atomic E-state index is 4.95. The van der Waals surface area contributed by atoms with Crippen LogP contribution >= 0.6 is 20.2 Å². The van der Waals surface area contributed by atoms with Gasteiger partial charge in [0.05, 0.1) is 34.2 Å². The summed E-state index contributed by atoms with van der Waals surface area (Å²) in [6.45, 7) is 12.8. The first-order chi connectivity index (χ1) is 15.2. The fourth-order valence-corrected chi connectivity index (χ4v) is 3.76. The molecule has 3 rings (SSSR count). The van der Waals surface area contributed by atoms with Crippen molar-refractivity contribution in [3.05, 3.63) is 82.7 Å². The Morgan fingerprint density at radius 1 is 0.812 bits per heavy atom. The van der Waals surface area contributed by atoms with Crippen LogP contribution in [0.25, 0.3) is 0 Å². The topological polar surface area (TPSA) is 29.6 Å². The number of aliphatic imine (C=N–C) groups is 2. The molecule has 1 heterocycles. The van der Waals surface area contributed by atoms with E-state index in [4.69, 9.17) is 30.2 Å². The molecule has 0 aliphatic heterocycles. The zero-order valence-corrected chi connectivity index (χ0v) is 22.3. The van der Waals surface area contributed by atoms with Gasteiger partial charge in [0, 0.05) is 7.05 Å². The van der Waals surface area contributed by atoms with Gasteiger partial charge in [-0.15, -0.1) is 0 Å². The second-order valence-electron chi connectivity index (χ2n) is 8.06. The van der Waals surface area contributed by atoms with Crippen LogP contribution in [0.1, 0.15) is 61.7 Å². The zero-order chi connectivity index (χ0) is 23.8. The summed E-state index contributed by atoms with van der Waals surface area (Å²) < 4.78 is 2.18. The molecule has 3 aromatic rings. The molecule has 0 saturated carbocycles. The van der Waals surface area contributed by atoms with E-state index in [0.29, 0.717) is 5.92 Å². The summed E-state index contributed by atoms with van der Waals surface area (Å²) in [6.07, 6.45) is 0. The summed E-state index contributed by atoms with van der Waals surface area (Å²) in [7, 11) is 11.6. The molecule has 0 saturated heterocycles. The molecular formula is C26H31Cl2FeN3. The van der Waals surface area contributed by atoms with E-state index in [9.17, 15) is 0 Å². The van der Waals surface area contributed by atoms with Crippen LogP contribution in [0.4, 0.5) is 11.4 Å². The van der Waals surface area contributed by atoms with Gasteiger partial charge in [-0.2, -0.15) is 0 Å². The number of rotatable bonds is 5. The van der Waals surface area contributed by atoms with E-state index in [1.54, 1.807) is 0 Å². The van der Waals surface area contributed by atoms with Crippen molar-refractivity contribution < 1.29 is 13.1 Å². The third kappa shape index (κ3) is 6.59. The molecule has 0 atom stereocenters. The Morgan fingerprint density at radius 3 is 1.84 bits per heavy atom. The fourth-order valence-electron chi connectivity index (χ4n) is 3.76. The standard InChI is InChI=1S/C26H31N3.2ClH.Fe/c1-17(2)22-13-8-9-14-23(22)27-20(5)24-15-16-25(29(24)7)21(6)28-26-18(3)11-10-12-19(26)4;;;/h8-17H,1-7H3;2*1H;/q;;;+2/p-2. The fraction of sp³-hybridized carbons (Fsp3) is 0.308. The molecule has 0 N–H and O–H groups in total. The first-order valence-electron chi connectivity index (χ1n) is 10.5. The summed E-state index contributed by atoms with van der Waals surface area (Å²) in [5, 5.41) is 0. The first kappa shape index (κ1) is 26.4. The number of hydrogen-bond acceptors (Lipinski definition) is 2. The van der Waals surface area contributed by atoms with Crippen LogP contribution in [0.15, 0.2) is 64.6 Å². The molecule has 172 valence electrons. The molecule has 32 heavy (non-hydrogen) atoms. The molecule has 1 aromatic heterocycles. The summed E-state index contributed by atoms with van der Waals surface area (Å²) in [6, 6.07) is 19.0. The Balaban J connectivity index is 0.00000114. The van der Waals surface area contributed by atoms with E-state index in [1.165, 1.54) is 16.7 Å². The van der Waals surface area contributed by atoms with Gasteiger partial charge in [-0.25, -0.2) is 0 Å². The van der Waals surface area contributed by atoms with Crippen molar-refractivity contribution in [1.29, 1.82) is 0 Å². The molecule has 2 aromatic carbocycles. The third-order valence-corrected chi connectivity index (χ3v) is 5.43. The second kappa shape index (κ2) is 12.4. The van der Waals surface area contributed by atoms with E-state index in [0.717, 1.165) is 34.2 Å². The minimum atomic E-state index is 0.194. The van der Waals surface area contributed by atoms with Crippen LogP contribution in [-0.2, 0) is 20.2 Å². The number of aromatic nitrogens is 1. The third-order valence-electron chi connectivity index (χ3n) is 5.43. The number of hydrogen-bond donors (Lipinski definition) is 0. The van der Waals surface area contributed by atoms with Gasteiger partial charge in [-0.1, -0.05) is 50.2 Å². The van der Waals surface area contributed by atoms with E-state index >= 15 is 0 Å². The van der Waals surface area contributed by atoms with Crippen LogP contribution < -0.4 is 0 Å². The van der Waals surface area contributed by atoms with Crippen LogP contribution in [0.2, 0.25) is 0 Å². The van der Waals surface area contributed by atoms with Gasteiger partial charge in [0.15, 0.2) is 0 Å². The average molecular weight is 512 g/mol. The Labute approximate surface area is 207 Å². The SMILES string of the molecule is CC(=Nc1ccccc1C(C)C)c1ccc(C(C)=Nc2c(C)cccc2C)n1C.[Cl][Fe][Cl]. The quantitative estimate of drug-likeness (QED) is 0.243. The average Bonchev–Trinajstić information content (AvgIpc) is 3.13. The molecule has 0 unspecified atom stereocenters. The predicted octanol–water partition coefficient (Wildman–Crippen LogP) is 8.42. The van der Waals surface area contributed by atoms with Gasteiger partial charge < -0.3 is 4.57 Å². The maximum absolute atomic E-state index is 4.95. The number of para-hydroxylation sites is 2. The van der Waals surface area contributed by atoms with Crippen molar-refractivity contribution in [2.75, 3.05) is 0 Å². The van der Waals surface area contributed by atoms with Gasteiger partial charge in [0.1, 0.15) is 0 Å². The van der Waals surface area contributed by atoms with Gasteiger partial charge in [0.2, 0.25) is 0 Å². The predicted molar refractivity (Wildman–Crippen MR) is 137 cm³/mol. The Hall–Kier alpha value is -1.84. The van der Waals surface area contributed by atoms with Gasteiger partial charge in [-0.3, -0.25) is 9.98 Å². The van der Waals surface area contributed by atoms with E-state index in [1.807, 2.05) is 0 Å². The Morgan fingerprint density at radius 2 is 1.31 bits per heavy atom. The van der Waals surface area contributed by atoms with Gasteiger partial charge in [-0.05, 0) is 68.5 Å². The molecule has 0 amide bonds. The van der Waals surface area contributed by atoms with E-state index in [-0.39, 0.29) is 13.1 Å². The van der Waals surface area contributed by atoms with E-state index < -0.39 is 0 Å². The van der Waals surface area contributed by atoms with Crippen molar-refractivity contribution in [2.24, 2.45) is 17.0 Å². The summed E-state index contributed by atoms with van der Waals surface area (Å²) in [4.78, 5) is 9.89. The molecule has 0 aliphatic carbocycles. The van der Waals surface area contributed by atoms with Crippen molar-refractivity contribution in [3.63, 3.8) is 0 Å². The van der Waals surface area contributed by atoms with E-state index in [2.05, 4.69) is 108 Å². The Bertz CT molecular complexity index is 1090. The van der Waals surface area contributed by atoms with Crippen LogP contribution in [0.5, 0.6) is 0 Å². The second-order valence-corrected chi connectivity index (χ2v) is 9.89. The molecule has 6 heteroatoms. The van der Waals surface area contributed by atoms with Gasteiger partial charge in [0.25, 0.3) is 0 Å². The van der Waals surface area contributed by atoms with Crippen LogP contribution in [0, 0.1) is 13.8 Å². The zero-order valence-electron chi connectivity index (χ0n) is 19.7. The molecule has 3 nitrogen and oxygen atoms in total. The number of nitrogens with zero attached hydrogens (tertiary/aromatic N) is 3.